The Balaban J connectivity index is 3.18. The van der Waals surface area contributed by atoms with Crippen LogP contribution < -0.4 is 0 Å². The van der Waals surface area contributed by atoms with E-state index < -0.39 is 5.97 Å². The number of hydrogen-bond donors (Lipinski definition) is 1. The minimum atomic E-state index is -0.751. The molecular formula is C23H44O2. The summed E-state index contributed by atoms with van der Waals surface area (Å²) in [6.45, 7) is 4.19. The lowest BCUT2D eigenvalue weighted by molar-refractivity contribution is -0.132. The van der Waals surface area contributed by atoms with Gasteiger partial charge in [-0.1, -0.05) is 116 Å². The standard InChI is InChI=1S/C23H44O2/c1-3-5-6-7-8-9-10-11-12-13-14-15-16-17-18-19-20-21-22(4-2)23(24)25/h21H,3-20H2,1-2H3,(H,24,25). The second kappa shape index (κ2) is 19.5. The average Bonchev–Trinajstić information content (AvgIpc) is 2.60. The molecule has 0 aromatic heterocycles. The van der Waals surface area contributed by atoms with Gasteiger partial charge in [0.1, 0.15) is 0 Å². The summed E-state index contributed by atoms with van der Waals surface area (Å²) in [7, 11) is 0. The van der Waals surface area contributed by atoms with Crippen LogP contribution >= 0.6 is 0 Å². The summed E-state index contributed by atoms with van der Waals surface area (Å²) in [6, 6.07) is 0. The molecule has 0 heterocycles. The second-order valence-corrected chi connectivity index (χ2v) is 7.48. The third-order valence-corrected chi connectivity index (χ3v) is 5.10. The summed E-state index contributed by atoms with van der Waals surface area (Å²) in [5, 5.41) is 8.94. The molecule has 0 aromatic rings. The van der Waals surface area contributed by atoms with Crippen LogP contribution in [0.1, 0.15) is 129 Å². The zero-order chi connectivity index (χ0) is 18.6. The maximum absolute atomic E-state index is 10.9. The van der Waals surface area contributed by atoms with Crippen molar-refractivity contribution in [1.82, 2.24) is 0 Å². The topological polar surface area (TPSA) is 37.3 Å². The molecule has 0 aliphatic rings. The number of carboxylic acid groups (broad SMARTS) is 1. The number of allylic oxidation sites excluding steroid dienone is 1. The van der Waals surface area contributed by atoms with Crippen LogP contribution in [0.15, 0.2) is 11.6 Å². The monoisotopic (exact) mass is 352 g/mol. The molecule has 0 saturated carbocycles. The van der Waals surface area contributed by atoms with E-state index in [1.54, 1.807) is 0 Å². The van der Waals surface area contributed by atoms with E-state index in [4.69, 9.17) is 5.11 Å². The average molecular weight is 353 g/mol. The molecule has 0 unspecified atom stereocenters. The van der Waals surface area contributed by atoms with Crippen LogP contribution in [0.3, 0.4) is 0 Å². The summed E-state index contributed by atoms with van der Waals surface area (Å²) in [5.74, 6) is -0.751. The number of carbonyl (C=O) groups is 1. The molecule has 0 spiro atoms. The summed E-state index contributed by atoms with van der Waals surface area (Å²) >= 11 is 0. The summed E-state index contributed by atoms with van der Waals surface area (Å²) in [4.78, 5) is 10.9. The molecule has 0 fully saturated rings. The van der Waals surface area contributed by atoms with Gasteiger partial charge in [-0.15, -0.1) is 0 Å². The fourth-order valence-corrected chi connectivity index (χ4v) is 3.35. The van der Waals surface area contributed by atoms with Gasteiger partial charge in [0.2, 0.25) is 0 Å². The Bertz CT molecular complexity index is 320. The van der Waals surface area contributed by atoms with Crippen LogP contribution in [0.2, 0.25) is 0 Å². The molecule has 0 aliphatic carbocycles. The van der Waals surface area contributed by atoms with Crippen molar-refractivity contribution in [2.45, 2.75) is 129 Å². The molecule has 0 aliphatic heterocycles. The molecule has 0 atom stereocenters. The van der Waals surface area contributed by atoms with Gasteiger partial charge in [0.05, 0.1) is 0 Å². The lowest BCUT2D eigenvalue weighted by Gasteiger charge is -2.03. The Kier molecular flexibility index (Phi) is 18.9. The maximum atomic E-state index is 10.9. The molecule has 0 bridgehead atoms. The lowest BCUT2D eigenvalue weighted by Crippen LogP contribution is -1.98. The number of aliphatic carboxylic acids is 1. The van der Waals surface area contributed by atoms with Crippen molar-refractivity contribution in [3.05, 3.63) is 11.6 Å². The molecule has 25 heavy (non-hydrogen) atoms. The van der Waals surface area contributed by atoms with E-state index in [1.807, 2.05) is 13.0 Å². The first-order valence-electron chi connectivity index (χ1n) is 11.1. The van der Waals surface area contributed by atoms with Gasteiger partial charge in [0, 0.05) is 5.57 Å². The van der Waals surface area contributed by atoms with Crippen molar-refractivity contribution in [1.29, 1.82) is 0 Å². The van der Waals surface area contributed by atoms with Crippen LogP contribution in [0.5, 0.6) is 0 Å². The molecular weight excluding hydrogens is 308 g/mol. The Morgan fingerprint density at radius 3 is 1.32 bits per heavy atom. The molecule has 0 radical (unpaired) electrons. The first-order valence-corrected chi connectivity index (χ1v) is 11.1. The highest BCUT2D eigenvalue weighted by molar-refractivity contribution is 5.86. The van der Waals surface area contributed by atoms with E-state index in [2.05, 4.69) is 6.92 Å². The van der Waals surface area contributed by atoms with Gasteiger partial charge >= 0.3 is 5.97 Å². The number of hydrogen-bond acceptors (Lipinski definition) is 1. The second-order valence-electron chi connectivity index (χ2n) is 7.48. The van der Waals surface area contributed by atoms with E-state index in [-0.39, 0.29) is 0 Å². The van der Waals surface area contributed by atoms with Gasteiger partial charge in [0.25, 0.3) is 0 Å². The first-order chi connectivity index (χ1) is 12.2. The fourth-order valence-electron chi connectivity index (χ4n) is 3.35. The molecule has 2 heteroatoms. The number of carboxylic acids is 1. The van der Waals surface area contributed by atoms with Crippen LogP contribution in [-0.4, -0.2) is 11.1 Å². The Hall–Kier alpha value is -0.790. The van der Waals surface area contributed by atoms with Crippen LogP contribution in [0.25, 0.3) is 0 Å². The fraction of sp³-hybridized carbons (Fsp3) is 0.870. The molecule has 0 saturated heterocycles. The van der Waals surface area contributed by atoms with Crippen molar-refractivity contribution in [3.8, 4) is 0 Å². The van der Waals surface area contributed by atoms with E-state index >= 15 is 0 Å². The van der Waals surface area contributed by atoms with Crippen LogP contribution in [0.4, 0.5) is 0 Å². The maximum Gasteiger partial charge on any atom is 0.331 e. The van der Waals surface area contributed by atoms with Gasteiger partial charge < -0.3 is 5.11 Å². The number of unbranched alkanes of at least 4 members (excludes halogenated alkanes) is 16. The molecule has 0 rings (SSSR count). The molecule has 0 amide bonds. The Morgan fingerprint density at radius 1 is 0.640 bits per heavy atom. The van der Waals surface area contributed by atoms with E-state index in [1.165, 1.54) is 96.3 Å². The van der Waals surface area contributed by atoms with Crippen LogP contribution in [-0.2, 0) is 4.79 Å². The minimum Gasteiger partial charge on any atom is -0.478 e. The molecule has 0 aromatic carbocycles. The van der Waals surface area contributed by atoms with E-state index in [9.17, 15) is 4.79 Å². The third-order valence-electron chi connectivity index (χ3n) is 5.10. The molecule has 2 nitrogen and oxygen atoms in total. The Labute approximate surface area is 157 Å². The zero-order valence-corrected chi connectivity index (χ0v) is 17.2. The zero-order valence-electron chi connectivity index (χ0n) is 17.2. The van der Waals surface area contributed by atoms with Crippen molar-refractivity contribution in [2.75, 3.05) is 0 Å². The van der Waals surface area contributed by atoms with Gasteiger partial charge in [-0.2, -0.15) is 0 Å². The first kappa shape index (κ1) is 24.2. The van der Waals surface area contributed by atoms with Crippen LogP contribution in [0, 0.1) is 0 Å². The predicted molar refractivity (Wildman–Crippen MR) is 110 cm³/mol. The van der Waals surface area contributed by atoms with Crippen molar-refractivity contribution in [3.63, 3.8) is 0 Å². The third kappa shape index (κ3) is 17.8. The van der Waals surface area contributed by atoms with Crippen molar-refractivity contribution in [2.24, 2.45) is 0 Å². The summed E-state index contributed by atoms with van der Waals surface area (Å²) in [5.41, 5.74) is 0.570. The SMILES string of the molecule is CCCCCCCCCCCCCCCCCCC=C(CC)C(=O)O. The smallest absolute Gasteiger partial charge is 0.331 e. The van der Waals surface area contributed by atoms with E-state index in [0.29, 0.717) is 12.0 Å². The highest BCUT2D eigenvalue weighted by atomic mass is 16.4. The van der Waals surface area contributed by atoms with E-state index in [0.717, 1.165) is 12.8 Å². The van der Waals surface area contributed by atoms with Crippen molar-refractivity contribution < 1.29 is 9.90 Å². The van der Waals surface area contributed by atoms with Gasteiger partial charge in [-0.25, -0.2) is 4.79 Å². The highest BCUT2D eigenvalue weighted by Crippen LogP contribution is 2.14. The molecule has 1 N–H and O–H groups in total. The number of rotatable bonds is 19. The summed E-state index contributed by atoms with van der Waals surface area (Å²) in [6.07, 6.45) is 25.5. The normalized spacial score (nSPS) is 11.8. The predicted octanol–water partition coefficient (Wildman–Crippen LogP) is 8.06. The largest absolute Gasteiger partial charge is 0.478 e. The lowest BCUT2D eigenvalue weighted by atomic mass is 10.0. The summed E-state index contributed by atoms with van der Waals surface area (Å²) < 4.78 is 0. The Morgan fingerprint density at radius 2 is 1.00 bits per heavy atom. The van der Waals surface area contributed by atoms with Gasteiger partial charge in [-0.3, -0.25) is 0 Å². The highest BCUT2D eigenvalue weighted by Gasteiger charge is 2.02. The molecule has 148 valence electrons. The van der Waals surface area contributed by atoms with Gasteiger partial charge in [0.15, 0.2) is 0 Å². The van der Waals surface area contributed by atoms with Gasteiger partial charge in [-0.05, 0) is 19.3 Å². The van der Waals surface area contributed by atoms with Crippen molar-refractivity contribution >= 4 is 5.97 Å². The quantitative estimate of drug-likeness (QED) is 0.188. The minimum absolute atomic E-state index is 0.570.